The maximum Gasteiger partial charge on any atom is 0.229 e. The molecule has 1 unspecified atom stereocenters. The number of hydrogen-bond acceptors (Lipinski definition) is 3. The van der Waals surface area contributed by atoms with E-state index in [2.05, 4.69) is 33.0 Å². The molecule has 2 amide bonds. The number of hydrogen-bond donors (Lipinski definition) is 1. The third-order valence-electron chi connectivity index (χ3n) is 3.91. The summed E-state index contributed by atoms with van der Waals surface area (Å²) in [5.41, 5.74) is -0.179. The van der Waals surface area contributed by atoms with E-state index in [0.29, 0.717) is 19.4 Å². The average molecular weight is 282 g/mol. The minimum absolute atomic E-state index is 0.0166. The highest BCUT2D eigenvalue weighted by Gasteiger charge is 2.39. The number of carbonyl (C=O) groups is 2. The van der Waals surface area contributed by atoms with Crippen molar-refractivity contribution in [1.82, 2.24) is 10.2 Å². The Bertz CT molecular complexity index is 349. The minimum Gasteiger partial charge on any atom is -0.312 e. The molecule has 0 spiro atoms. The summed E-state index contributed by atoms with van der Waals surface area (Å²) in [7, 11) is 0. The Morgan fingerprint density at radius 3 is 2.10 bits per heavy atom. The monoisotopic (exact) mass is 282 g/mol. The van der Waals surface area contributed by atoms with Crippen LogP contribution in [0.1, 0.15) is 60.8 Å². The number of likely N-dealkylation sites (tertiary alicyclic amines) is 1. The van der Waals surface area contributed by atoms with Gasteiger partial charge in [-0.05, 0) is 23.8 Å². The Morgan fingerprint density at radius 1 is 1.20 bits per heavy atom. The van der Waals surface area contributed by atoms with Crippen LogP contribution in [-0.4, -0.2) is 35.8 Å². The summed E-state index contributed by atoms with van der Waals surface area (Å²) in [6.45, 7) is 13.9. The summed E-state index contributed by atoms with van der Waals surface area (Å²) in [5.74, 6) is -0.0578. The molecule has 1 saturated heterocycles. The van der Waals surface area contributed by atoms with Gasteiger partial charge in [-0.2, -0.15) is 0 Å². The van der Waals surface area contributed by atoms with Crippen molar-refractivity contribution in [2.75, 3.05) is 13.1 Å². The van der Waals surface area contributed by atoms with E-state index in [9.17, 15) is 9.59 Å². The van der Waals surface area contributed by atoms with E-state index in [1.807, 2.05) is 13.8 Å². The Morgan fingerprint density at radius 2 is 1.70 bits per heavy atom. The number of rotatable bonds is 5. The lowest BCUT2D eigenvalue weighted by Crippen LogP contribution is -2.55. The maximum atomic E-state index is 12.2. The first kappa shape index (κ1) is 17.2. The molecule has 1 rings (SSSR count). The van der Waals surface area contributed by atoms with Crippen molar-refractivity contribution in [2.24, 2.45) is 10.8 Å². The standard InChI is InChI=1S/C16H30N2O2/c1-7-8-17-12(15(2,3)4)11-18-13(19)9-16(5,6)10-14(18)20/h12,17H,7-11H2,1-6H3. The Hall–Kier alpha value is -0.900. The van der Waals surface area contributed by atoms with Gasteiger partial charge in [0.05, 0.1) is 0 Å². The second kappa shape index (κ2) is 6.25. The Labute approximate surface area is 123 Å². The van der Waals surface area contributed by atoms with E-state index in [4.69, 9.17) is 0 Å². The normalized spacial score (nSPS) is 21.2. The fourth-order valence-electron chi connectivity index (χ4n) is 2.56. The maximum absolute atomic E-state index is 12.2. The fourth-order valence-corrected chi connectivity index (χ4v) is 2.56. The van der Waals surface area contributed by atoms with Gasteiger partial charge in [0, 0.05) is 25.4 Å². The summed E-state index contributed by atoms with van der Waals surface area (Å²) < 4.78 is 0. The number of amides is 2. The van der Waals surface area contributed by atoms with Gasteiger partial charge in [0.15, 0.2) is 0 Å². The molecule has 1 aliphatic heterocycles. The zero-order valence-corrected chi connectivity index (χ0v) is 13.9. The molecule has 0 bridgehead atoms. The van der Waals surface area contributed by atoms with E-state index in [1.165, 1.54) is 4.90 Å². The van der Waals surface area contributed by atoms with Crippen LogP contribution in [0.3, 0.4) is 0 Å². The first-order chi connectivity index (χ1) is 9.07. The molecule has 1 heterocycles. The molecule has 0 aromatic heterocycles. The summed E-state index contributed by atoms with van der Waals surface area (Å²) in [4.78, 5) is 25.9. The quantitative estimate of drug-likeness (QED) is 0.788. The zero-order chi connectivity index (χ0) is 15.6. The topological polar surface area (TPSA) is 49.4 Å². The lowest BCUT2D eigenvalue weighted by Gasteiger charge is -2.40. The largest absolute Gasteiger partial charge is 0.312 e. The van der Waals surface area contributed by atoms with Gasteiger partial charge in [-0.15, -0.1) is 0 Å². The fraction of sp³-hybridized carbons (Fsp3) is 0.875. The van der Waals surface area contributed by atoms with E-state index in [-0.39, 0.29) is 28.7 Å². The van der Waals surface area contributed by atoms with Crippen molar-refractivity contribution in [3.8, 4) is 0 Å². The van der Waals surface area contributed by atoms with Crippen LogP contribution in [0.15, 0.2) is 0 Å². The molecular formula is C16H30N2O2. The van der Waals surface area contributed by atoms with Crippen LogP contribution in [-0.2, 0) is 9.59 Å². The van der Waals surface area contributed by atoms with Gasteiger partial charge < -0.3 is 5.32 Å². The minimum atomic E-state index is -0.196. The molecular weight excluding hydrogens is 252 g/mol. The second-order valence-corrected chi connectivity index (χ2v) is 7.79. The van der Waals surface area contributed by atoms with Crippen LogP contribution in [0.2, 0.25) is 0 Å². The molecule has 0 saturated carbocycles. The third-order valence-corrected chi connectivity index (χ3v) is 3.91. The third kappa shape index (κ3) is 4.58. The predicted molar refractivity (Wildman–Crippen MR) is 81.3 cm³/mol. The van der Waals surface area contributed by atoms with Gasteiger partial charge >= 0.3 is 0 Å². The lowest BCUT2D eigenvalue weighted by atomic mass is 9.80. The number of carbonyl (C=O) groups excluding carboxylic acids is 2. The molecule has 1 atom stereocenters. The summed E-state index contributed by atoms with van der Waals surface area (Å²) in [5, 5.41) is 3.47. The second-order valence-electron chi connectivity index (χ2n) is 7.79. The molecule has 0 aliphatic carbocycles. The zero-order valence-electron chi connectivity index (χ0n) is 13.9. The molecule has 0 radical (unpaired) electrons. The highest BCUT2D eigenvalue weighted by atomic mass is 16.2. The lowest BCUT2D eigenvalue weighted by molar-refractivity contribution is -0.153. The molecule has 4 nitrogen and oxygen atoms in total. The first-order valence-corrected chi connectivity index (χ1v) is 7.63. The average Bonchev–Trinajstić information content (AvgIpc) is 2.23. The van der Waals surface area contributed by atoms with Crippen molar-refractivity contribution >= 4 is 11.8 Å². The summed E-state index contributed by atoms with van der Waals surface area (Å²) in [6.07, 6.45) is 1.97. The van der Waals surface area contributed by atoms with Crippen LogP contribution in [0.5, 0.6) is 0 Å². The van der Waals surface area contributed by atoms with Crippen LogP contribution >= 0.6 is 0 Å². The van der Waals surface area contributed by atoms with Gasteiger partial charge in [0.1, 0.15) is 0 Å². The van der Waals surface area contributed by atoms with Crippen molar-refractivity contribution in [3.05, 3.63) is 0 Å². The molecule has 116 valence electrons. The predicted octanol–water partition coefficient (Wildman–Crippen LogP) is 2.58. The molecule has 0 aromatic carbocycles. The van der Waals surface area contributed by atoms with E-state index in [1.54, 1.807) is 0 Å². The SMILES string of the molecule is CCCNC(CN1C(=O)CC(C)(C)CC1=O)C(C)(C)C. The molecule has 0 aromatic rings. The molecule has 20 heavy (non-hydrogen) atoms. The first-order valence-electron chi connectivity index (χ1n) is 7.63. The Kier molecular flexibility index (Phi) is 5.36. The van der Waals surface area contributed by atoms with Gasteiger partial charge in [-0.1, -0.05) is 41.5 Å². The van der Waals surface area contributed by atoms with E-state index < -0.39 is 0 Å². The highest BCUT2D eigenvalue weighted by molar-refractivity contribution is 5.98. The van der Waals surface area contributed by atoms with Crippen LogP contribution < -0.4 is 5.32 Å². The van der Waals surface area contributed by atoms with Crippen LogP contribution in [0.25, 0.3) is 0 Å². The Balaban J connectivity index is 2.78. The van der Waals surface area contributed by atoms with E-state index in [0.717, 1.165) is 13.0 Å². The smallest absolute Gasteiger partial charge is 0.229 e. The van der Waals surface area contributed by atoms with Crippen molar-refractivity contribution in [2.45, 2.75) is 66.8 Å². The van der Waals surface area contributed by atoms with Crippen molar-refractivity contribution < 1.29 is 9.59 Å². The molecule has 1 fully saturated rings. The number of nitrogens with zero attached hydrogens (tertiary/aromatic N) is 1. The molecule has 1 N–H and O–H groups in total. The van der Waals surface area contributed by atoms with Gasteiger partial charge in [-0.25, -0.2) is 0 Å². The van der Waals surface area contributed by atoms with E-state index >= 15 is 0 Å². The number of piperidine rings is 1. The number of nitrogens with one attached hydrogen (secondary N) is 1. The molecule has 1 aliphatic rings. The van der Waals surface area contributed by atoms with Crippen LogP contribution in [0.4, 0.5) is 0 Å². The van der Waals surface area contributed by atoms with Crippen molar-refractivity contribution in [1.29, 1.82) is 0 Å². The molecule has 4 heteroatoms. The van der Waals surface area contributed by atoms with Gasteiger partial charge in [0.2, 0.25) is 11.8 Å². The van der Waals surface area contributed by atoms with Crippen LogP contribution in [0, 0.1) is 10.8 Å². The van der Waals surface area contributed by atoms with Crippen molar-refractivity contribution in [3.63, 3.8) is 0 Å². The van der Waals surface area contributed by atoms with Gasteiger partial charge in [-0.3, -0.25) is 14.5 Å². The number of imide groups is 1. The highest BCUT2D eigenvalue weighted by Crippen LogP contribution is 2.32. The summed E-state index contributed by atoms with van der Waals surface area (Å²) >= 11 is 0. The van der Waals surface area contributed by atoms with Gasteiger partial charge in [0.25, 0.3) is 0 Å². The summed E-state index contributed by atoms with van der Waals surface area (Å²) in [6, 6.07) is 0.136.